The lowest BCUT2D eigenvalue weighted by atomic mass is 9.88. The van der Waals surface area contributed by atoms with Crippen LogP contribution in [0.2, 0.25) is 0 Å². The minimum atomic E-state index is -1.39. The molecule has 1 saturated heterocycles. The van der Waals surface area contributed by atoms with Crippen LogP contribution in [0.1, 0.15) is 17.4 Å². The van der Waals surface area contributed by atoms with Crippen LogP contribution in [-0.2, 0) is 10.2 Å². The van der Waals surface area contributed by atoms with E-state index in [4.69, 9.17) is 19.0 Å². The number of carbonyl (C=O) groups excluding carboxylic acids is 1. The van der Waals surface area contributed by atoms with Crippen molar-refractivity contribution in [3.63, 3.8) is 0 Å². The standard InChI is InChI=1S/C29H34N6O7S/c36-16-29(17-37,18-38)25-14-26(33-42-25)32-27(39)30-20-3-1-19(2-4-20)22-15-35-23-6-5-21(13-24(23)43-28(35)31-22)41-12-9-34-7-10-40-11-8-34/h1-6,13-14,22,36-38H,7-12,15-18H2,(H2,30,32,33,39). The fourth-order valence-electron chi connectivity index (χ4n) is 5.10. The summed E-state index contributed by atoms with van der Waals surface area (Å²) >= 11 is 1.65. The topological polar surface area (TPSA) is 165 Å². The third-order valence-electron chi connectivity index (χ3n) is 7.79. The molecule has 3 aromatic rings. The average Bonchev–Trinajstić information content (AvgIpc) is 3.75. The van der Waals surface area contributed by atoms with E-state index in [1.165, 1.54) is 6.07 Å². The molecular formula is C29H34N6O7S. The maximum absolute atomic E-state index is 12.5. The van der Waals surface area contributed by atoms with E-state index in [-0.39, 0.29) is 17.6 Å². The zero-order valence-electron chi connectivity index (χ0n) is 23.4. The number of urea groups is 1. The Balaban J connectivity index is 1.01. The van der Waals surface area contributed by atoms with Gasteiger partial charge in [0.05, 0.1) is 51.3 Å². The molecule has 0 radical (unpaired) electrons. The van der Waals surface area contributed by atoms with Crippen LogP contribution in [-0.4, -0.2) is 102 Å². The van der Waals surface area contributed by atoms with Gasteiger partial charge in [-0.1, -0.05) is 17.3 Å². The molecular weight excluding hydrogens is 576 g/mol. The van der Waals surface area contributed by atoms with Gasteiger partial charge in [0.2, 0.25) is 0 Å². The second-order valence-electron chi connectivity index (χ2n) is 10.6. The van der Waals surface area contributed by atoms with E-state index < -0.39 is 31.3 Å². The van der Waals surface area contributed by atoms with Crippen LogP contribution in [0.15, 0.2) is 62.9 Å². The summed E-state index contributed by atoms with van der Waals surface area (Å²) in [4.78, 5) is 23.2. The van der Waals surface area contributed by atoms with Crippen LogP contribution in [0.5, 0.6) is 5.75 Å². The molecule has 4 heterocycles. The maximum Gasteiger partial charge on any atom is 0.324 e. The number of hydrogen-bond donors (Lipinski definition) is 5. The van der Waals surface area contributed by atoms with Gasteiger partial charge in [-0.2, -0.15) is 0 Å². The summed E-state index contributed by atoms with van der Waals surface area (Å²) in [6, 6.07) is 14.5. The molecule has 3 aliphatic rings. The van der Waals surface area contributed by atoms with Gasteiger partial charge in [-0.15, -0.1) is 0 Å². The number of aliphatic imine (C=N–C) groups is 1. The monoisotopic (exact) mass is 610 g/mol. The number of amidine groups is 1. The van der Waals surface area contributed by atoms with Gasteiger partial charge in [0.1, 0.15) is 17.8 Å². The minimum absolute atomic E-state index is 0.0265. The Morgan fingerprint density at radius 3 is 2.56 bits per heavy atom. The number of thioether (sulfide) groups is 1. The molecule has 1 aromatic heterocycles. The summed E-state index contributed by atoms with van der Waals surface area (Å²) in [5.41, 5.74) is 1.35. The smallest absolute Gasteiger partial charge is 0.324 e. The summed E-state index contributed by atoms with van der Waals surface area (Å²) in [6.07, 6.45) is 0. The second kappa shape index (κ2) is 12.9. The third kappa shape index (κ3) is 6.34. The number of carbonyl (C=O) groups is 1. The molecule has 1 fully saturated rings. The lowest BCUT2D eigenvalue weighted by Gasteiger charge is -2.26. The summed E-state index contributed by atoms with van der Waals surface area (Å²) in [5.74, 6) is 1.01. The molecule has 0 saturated carbocycles. The molecule has 1 unspecified atom stereocenters. The molecule has 0 aliphatic carbocycles. The molecule has 0 spiro atoms. The molecule has 0 bridgehead atoms. The first-order valence-corrected chi connectivity index (χ1v) is 14.9. The zero-order valence-corrected chi connectivity index (χ0v) is 24.3. The molecule has 6 rings (SSSR count). The Morgan fingerprint density at radius 2 is 1.81 bits per heavy atom. The molecule has 43 heavy (non-hydrogen) atoms. The molecule has 3 aliphatic heterocycles. The second-order valence-corrected chi connectivity index (χ2v) is 11.6. The van der Waals surface area contributed by atoms with Crippen LogP contribution in [0, 0.1) is 0 Å². The van der Waals surface area contributed by atoms with E-state index in [0.717, 1.165) is 66.5 Å². The maximum atomic E-state index is 12.5. The fraction of sp³-hybridized carbons (Fsp3) is 0.414. The van der Waals surface area contributed by atoms with Crippen molar-refractivity contribution >= 4 is 40.2 Å². The van der Waals surface area contributed by atoms with E-state index in [2.05, 4.69) is 37.7 Å². The van der Waals surface area contributed by atoms with Gasteiger partial charge < -0.3 is 39.5 Å². The molecule has 13 nitrogen and oxygen atoms in total. The third-order valence-corrected chi connectivity index (χ3v) is 8.85. The number of nitrogens with one attached hydrogen (secondary N) is 2. The summed E-state index contributed by atoms with van der Waals surface area (Å²) in [5, 5.41) is 38.6. The number of amides is 2. The van der Waals surface area contributed by atoms with E-state index in [9.17, 15) is 20.1 Å². The number of aromatic nitrogens is 1. The SMILES string of the molecule is O=C(Nc1ccc(C2CN3C(=N2)Sc2cc(OCCN4CCOCC4)ccc23)cc1)Nc1cc(C(CO)(CO)CO)on1. The van der Waals surface area contributed by atoms with Crippen molar-refractivity contribution < 1.29 is 34.1 Å². The van der Waals surface area contributed by atoms with Gasteiger partial charge in [-0.3, -0.25) is 15.2 Å². The van der Waals surface area contributed by atoms with Crippen LogP contribution >= 0.6 is 11.8 Å². The van der Waals surface area contributed by atoms with Crippen molar-refractivity contribution in [3.8, 4) is 5.75 Å². The normalized spacial score (nSPS) is 18.3. The largest absolute Gasteiger partial charge is 0.492 e. The number of fused-ring (bicyclic) bond motifs is 3. The van der Waals surface area contributed by atoms with Crippen molar-refractivity contribution in [1.29, 1.82) is 0 Å². The molecule has 1 atom stereocenters. The number of ether oxygens (including phenoxy) is 2. The Labute approximate surface area is 252 Å². The van der Waals surface area contributed by atoms with Crippen molar-refractivity contribution in [2.24, 2.45) is 4.99 Å². The van der Waals surface area contributed by atoms with E-state index in [1.807, 2.05) is 30.3 Å². The highest BCUT2D eigenvalue weighted by Gasteiger charge is 2.36. The first-order chi connectivity index (χ1) is 21.0. The van der Waals surface area contributed by atoms with E-state index in [0.29, 0.717) is 12.3 Å². The number of nitrogens with zero attached hydrogens (tertiary/aromatic N) is 4. The zero-order chi connectivity index (χ0) is 29.8. The number of aliphatic hydroxyl groups excluding tert-OH is 3. The van der Waals surface area contributed by atoms with Crippen molar-refractivity contribution in [2.75, 3.05) is 81.4 Å². The van der Waals surface area contributed by atoms with E-state index in [1.54, 1.807) is 11.8 Å². The molecule has 228 valence electrons. The van der Waals surface area contributed by atoms with Crippen LogP contribution in [0.3, 0.4) is 0 Å². The fourth-order valence-corrected chi connectivity index (χ4v) is 6.22. The van der Waals surface area contributed by atoms with Gasteiger partial charge in [0.25, 0.3) is 0 Å². The minimum Gasteiger partial charge on any atom is -0.492 e. The Bertz CT molecular complexity index is 1450. The number of morpholine rings is 1. The molecule has 5 N–H and O–H groups in total. The summed E-state index contributed by atoms with van der Waals surface area (Å²) < 4.78 is 16.5. The van der Waals surface area contributed by atoms with E-state index >= 15 is 0 Å². The Kier molecular flexibility index (Phi) is 8.83. The van der Waals surface area contributed by atoms with Crippen molar-refractivity contribution in [3.05, 3.63) is 59.9 Å². The van der Waals surface area contributed by atoms with Crippen molar-refractivity contribution in [1.82, 2.24) is 10.1 Å². The van der Waals surface area contributed by atoms with Gasteiger partial charge in [0.15, 0.2) is 16.7 Å². The predicted octanol–water partition coefficient (Wildman–Crippen LogP) is 2.27. The summed E-state index contributed by atoms with van der Waals surface area (Å²) in [6.45, 7) is 4.08. The lowest BCUT2D eigenvalue weighted by Crippen LogP contribution is -2.38. The van der Waals surface area contributed by atoms with Crippen molar-refractivity contribution in [2.45, 2.75) is 16.4 Å². The number of rotatable bonds is 11. The molecule has 14 heteroatoms. The lowest BCUT2D eigenvalue weighted by molar-refractivity contribution is 0.0322. The molecule has 2 amide bonds. The van der Waals surface area contributed by atoms with Gasteiger partial charge in [-0.05, 0) is 47.7 Å². The number of aliphatic hydroxyl groups is 3. The average molecular weight is 611 g/mol. The number of anilines is 3. The first-order valence-electron chi connectivity index (χ1n) is 14.1. The summed E-state index contributed by atoms with van der Waals surface area (Å²) in [7, 11) is 0. The Hall–Kier alpha value is -3.66. The van der Waals surface area contributed by atoms with Crippen LogP contribution < -0.4 is 20.3 Å². The predicted molar refractivity (Wildman–Crippen MR) is 161 cm³/mol. The van der Waals surface area contributed by atoms with Crippen LogP contribution in [0.4, 0.5) is 22.0 Å². The van der Waals surface area contributed by atoms with Gasteiger partial charge in [0, 0.05) is 36.3 Å². The highest BCUT2D eigenvalue weighted by molar-refractivity contribution is 8.14. The van der Waals surface area contributed by atoms with Crippen LogP contribution in [0.25, 0.3) is 0 Å². The highest BCUT2D eigenvalue weighted by atomic mass is 32.2. The quantitative estimate of drug-likeness (QED) is 0.216. The van der Waals surface area contributed by atoms with Gasteiger partial charge >= 0.3 is 6.03 Å². The van der Waals surface area contributed by atoms with Gasteiger partial charge in [-0.25, -0.2) is 4.79 Å². The Morgan fingerprint density at radius 1 is 1.05 bits per heavy atom. The number of hydrogen-bond acceptors (Lipinski definition) is 12. The highest BCUT2D eigenvalue weighted by Crippen LogP contribution is 2.46. The first kappa shape index (κ1) is 29.4. The molecule has 2 aromatic carbocycles. The number of benzene rings is 2.